The number of hydrogen-bond donors (Lipinski definition) is 1. The number of thioether (sulfide) groups is 1. The largest absolute Gasteiger partial charge is 0.417 e. The van der Waals surface area contributed by atoms with E-state index in [2.05, 4.69) is 15.5 Å². The lowest BCUT2D eigenvalue weighted by Crippen LogP contribution is -2.39. The number of nitrogens with zero attached hydrogens (tertiary/aromatic N) is 3. The summed E-state index contributed by atoms with van der Waals surface area (Å²) in [5, 5.41) is 10.8. The molecule has 5 nitrogen and oxygen atoms in total. The maximum atomic E-state index is 13.0. The molecule has 2 saturated carbocycles. The van der Waals surface area contributed by atoms with Crippen molar-refractivity contribution in [3.05, 3.63) is 22.8 Å². The molecule has 2 fully saturated rings. The van der Waals surface area contributed by atoms with Crippen molar-refractivity contribution in [3.63, 3.8) is 0 Å². The van der Waals surface area contributed by atoms with Gasteiger partial charge < -0.3 is 5.32 Å². The van der Waals surface area contributed by atoms with Crippen LogP contribution in [0, 0.1) is 11.8 Å². The van der Waals surface area contributed by atoms with Gasteiger partial charge in [-0.05, 0) is 43.6 Å². The second-order valence-electron chi connectivity index (χ2n) is 6.81. The van der Waals surface area contributed by atoms with Gasteiger partial charge in [0.15, 0.2) is 10.8 Å². The SMILES string of the molecule is O=C(CSc1nnc2c(Cl)cc(C(F)(F)F)cn12)NC(C1CC1)C1CC1. The topological polar surface area (TPSA) is 59.3 Å². The molecule has 0 aliphatic heterocycles. The maximum Gasteiger partial charge on any atom is 0.417 e. The third-order valence-corrected chi connectivity index (χ3v) is 5.90. The zero-order valence-electron chi connectivity index (χ0n) is 13.6. The molecule has 4 rings (SSSR count). The van der Waals surface area contributed by atoms with Crippen molar-refractivity contribution in [2.75, 3.05) is 5.75 Å². The number of carbonyl (C=O) groups is 1. The van der Waals surface area contributed by atoms with Crippen LogP contribution in [-0.2, 0) is 11.0 Å². The van der Waals surface area contributed by atoms with Crippen LogP contribution in [-0.4, -0.2) is 32.3 Å². The number of halogens is 4. The van der Waals surface area contributed by atoms with Crippen molar-refractivity contribution < 1.29 is 18.0 Å². The standard InChI is InChI=1S/C16H16ClF3N4OS/c17-11-5-10(16(18,19)20)6-24-14(11)22-23-15(24)26-7-12(25)21-13(8-1-2-8)9-3-4-9/h5-6,8-9,13H,1-4,7H2,(H,21,25). The van der Waals surface area contributed by atoms with Crippen LogP contribution < -0.4 is 5.32 Å². The Bertz CT molecular complexity index is 836. The summed E-state index contributed by atoms with van der Waals surface area (Å²) in [4.78, 5) is 12.2. The second kappa shape index (κ2) is 6.60. The highest BCUT2D eigenvalue weighted by Gasteiger charge is 2.42. The number of pyridine rings is 1. The van der Waals surface area contributed by atoms with Gasteiger partial charge in [0.05, 0.1) is 16.3 Å². The highest BCUT2D eigenvalue weighted by atomic mass is 35.5. The molecule has 0 saturated heterocycles. The molecule has 1 amide bonds. The van der Waals surface area contributed by atoms with Gasteiger partial charge in [0, 0.05) is 12.2 Å². The molecule has 2 aromatic rings. The summed E-state index contributed by atoms with van der Waals surface area (Å²) in [5.74, 6) is 1.11. The number of aromatic nitrogens is 3. The Labute approximate surface area is 156 Å². The van der Waals surface area contributed by atoms with Gasteiger partial charge in [0.1, 0.15) is 0 Å². The fourth-order valence-corrected chi connectivity index (χ4v) is 4.04. The lowest BCUT2D eigenvalue weighted by Gasteiger charge is -2.17. The van der Waals surface area contributed by atoms with E-state index in [4.69, 9.17) is 11.6 Å². The Morgan fingerprint density at radius 2 is 1.96 bits per heavy atom. The average Bonchev–Trinajstić information content (AvgIpc) is 3.48. The molecule has 0 aromatic carbocycles. The fraction of sp³-hybridized carbons (Fsp3) is 0.562. The predicted molar refractivity (Wildman–Crippen MR) is 91.1 cm³/mol. The van der Waals surface area contributed by atoms with E-state index in [9.17, 15) is 18.0 Å². The fourth-order valence-electron chi connectivity index (χ4n) is 3.08. The Morgan fingerprint density at radius 1 is 1.31 bits per heavy atom. The van der Waals surface area contributed by atoms with Crippen molar-refractivity contribution in [2.24, 2.45) is 11.8 Å². The molecule has 0 atom stereocenters. The number of amides is 1. The molecular formula is C16H16ClF3N4OS. The van der Waals surface area contributed by atoms with E-state index in [1.807, 2.05) is 0 Å². The molecule has 1 N–H and O–H groups in total. The van der Waals surface area contributed by atoms with E-state index in [1.54, 1.807) is 0 Å². The van der Waals surface area contributed by atoms with E-state index in [-0.39, 0.29) is 33.5 Å². The van der Waals surface area contributed by atoms with Crippen LogP contribution in [0.4, 0.5) is 13.2 Å². The zero-order chi connectivity index (χ0) is 18.5. The molecule has 0 bridgehead atoms. The third-order valence-electron chi connectivity index (χ3n) is 4.68. The van der Waals surface area contributed by atoms with Gasteiger partial charge in [-0.2, -0.15) is 13.2 Å². The Hall–Kier alpha value is -1.48. The monoisotopic (exact) mass is 404 g/mol. The van der Waals surface area contributed by atoms with Crippen molar-refractivity contribution in [2.45, 2.75) is 43.1 Å². The van der Waals surface area contributed by atoms with Crippen LogP contribution in [0.25, 0.3) is 5.65 Å². The van der Waals surface area contributed by atoms with Gasteiger partial charge in [-0.25, -0.2) is 0 Å². The third kappa shape index (κ3) is 3.78. The number of hydrogen-bond acceptors (Lipinski definition) is 4. The summed E-state index contributed by atoms with van der Waals surface area (Å²) in [6.07, 6.45) is 0.996. The normalized spacial score (nSPS) is 17.9. The first-order chi connectivity index (χ1) is 12.3. The van der Waals surface area contributed by atoms with Gasteiger partial charge in [-0.1, -0.05) is 23.4 Å². The molecule has 10 heteroatoms. The maximum absolute atomic E-state index is 13.0. The van der Waals surface area contributed by atoms with Crippen LogP contribution >= 0.6 is 23.4 Å². The van der Waals surface area contributed by atoms with Gasteiger partial charge >= 0.3 is 6.18 Å². The van der Waals surface area contributed by atoms with Crippen LogP contribution in [0.1, 0.15) is 31.2 Å². The summed E-state index contributed by atoms with van der Waals surface area (Å²) in [7, 11) is 0. The minimum absolute atomic E-state index is 0.0740. The highest BCUT2D eigenvalue weighted by Crippen LogP contribution is 2.44. The smallest absolute Gasteiger partial charge is 0.352 e. The molecule has 0 unspecified atom stereocenters. The molecular weight excluding hydrogens is 389 g/mol. The Morgan fingerprint density at radius 3 is 2.54 bits per heavy atom. The summed E-state index contributed by atoms with van der Waals surface area (Å²) in [5.41, 5.74) is -0.750. The summed E-state index contributed by atoms with van der Waals surface area (Å²) >= 11 is 6.94. The number of rotatable bonds is 6. The van der Waals surface area contributed by atoms with Crippen LogP contribution in [0.15, 0.2) is 17.4 Å². The number of fused-ring (bicyclic) bond motifs is 1. The molecule has 26 heavy (non-hydrogen) atoms. The average molecular weight is 405 g/mol. The second-order valence-corrected chi connectivity index (χ2v) is 8.16. The van der Waals surface area contributed by atoms with Crippen molar-refractivity contribution in [3.8, 4) is 0 Å². The highest BCUT2D eigenvalue weighted by molar-refractivity contribution is 7.99. The van der Waals surface area contributed by atoms with E-state index in [1.165, 1.54) is 4.40 Å². The molecule has 2 aliphatic rings. The quantitative estimate of drug-likeness (QED) is 0.744. The van der Waals surface area contributed by atoms with Crippen molar-refractivity contribution in [1.82, 2.24) is 19.9 Å². The lowest BCUT2D eigenvalue weighted by atomic mass is 10.1. The van der Waals surface area contributed by atoms with E-state index in [0.29, 0.717) is 11.8 Å². The molecule has 2 heterocycles. The lowest BCUT2D eigenvalue weighted by molar-refractivity contribution is -0.137. The Balaban J connectivity index is 1.46. The predicted octanol–water partition coefficient (Wildman–Crippen LogP) is 3.80. The first-order valence-electron chi connectivity index (χ1n) is 8.36. The summed E-state index contributed by atoms with van der Waals surface area (Å²) in [6, 6.07) is 1.06. The van der Waals surface area contributed by atoms with E-state index >= 15 is 0 Å². The zero-order valence-corrected chi connectivity index (χ0v) is 15.2. The molecule has 2 aliphatic carbocycles. The van der Waals surface area contributed by atoms with E-state index in [0.717, 1.165) is 49.7 Å². The van der Waals surface area contributed by atoms with Gasteiger partial charge in [-0.3, -0.25) is 9.20 Å². The van der Waals surface area contributed by atoms with Gasteiger partial charge in [0.25, 0.3) is 0 Å². The number of alkyl halides is 3. The molecule has 0 radical (unpaired) electrons. The minimum Gasteiger partial charge on any atom is -0.352 e. The first-order valence-corrected chi connectivity index (χ1v) is 9.73. The minimum atomic E-state index is -4.52. The summed E-state index contributed by atoms with van der Waals surface area (Å²) in [6.45, 7) is 0. The summed E-state index contributed by atoms with van der Waals surface area (Å²) < 4.78 is 40.1. The molecule has 2 aromatic heterocycles. The van der Waals surface area contributed by atoms with Crippen LogP contribution in [0.2, 0.25) is 5.02 Å². The molecule has 140 valence electrons. The Kier molecular flexibility index (Phi) is 4.54. The molecule has 0 spiro atoms. The first kappa shape index (κ1) is 17.9. The van der Waals surface area contributed by atoms with Crippen LogP contribution in [0.5, 0.6) is 0 Å². The van der Waals surface area contributed by atoms with E-state index < -0.39 is 11.7 Å². The number of nitrogens with one attached hydrogen (secondary N) is 1. The van der Waals surface area contributed by atoms with Gasteiger partial charge in [-0.15, -0.1) is 10.2 Å². The van der Waals surface area contributed by atoms with Gasteiger partial charge in [0.2, 0.25) is 5.91 Å². The van der Waals surface area contributed by atoms with Crippen molar-refractivity contribution in [1.29, 1.82) is 0 Å². The number of carbonyl (C=O) groups excluding carboxylic acids is 1. The van der Waals surface area contributed by atoms with Crippen LogP contribution in [0.3, 0.4) is 0 Å². The van der Waals surface area contributed by atoms with Crippen molar-refractivity contribution >= 4 is 34.9 Å².